The Labute approximate surface area is 124 Å². The molecule has 1 aromatic carbocycles. The smallest absolute Gasteiger partial charge is 0.278 e. The van der Waals surface area contributed by atoms with Gasteiger partial charge < -0.3 is 5.32 Å². The summed E-state index contributed by atoms with van der Waals surface area (Å²) in [6.45, 7) is 2.61. The van der Waals surface area contributed by atoms with Gasteiger partial charge >= 0.3 is 0 Å². The summed E-state index contributed by atoms with van der Waals surface area (Å²) in [6, 6.07) is 5.02. The Morgan fingerprint density at radius 2 is 2.19 bits per heavy atom. The number of nitro benzene ring substituents is 1. The van der Waals surface area contributed by atoms with Gasteiger partial charge in [-0.1, -0.05) is 0 Å². The van der Waals surface area contributed by atoms with E-state index in [-0.39, 0.29) is 10.6 Å². The fourth-order valence-corrected chi connectivity index (χ4v) is 2.88. The molecule has 0 aliphatic rings. The maximum absolute atomic E-state index is 11.1. The van der Waals surface area contributed by atoms with E-state index < -0.39 is 0 Å². The molecular weight excluding hydrogens is 288 g/mol. The Hall–Kier alpha value is -2.54. The van der Waals surface area contributed by atoms with Gasteiger partial charge in [0.05, 0.1) is 28.1 Å². The second-order valence-electron chi connectivity index (χ2n) is 4.53. The minimum absolute atomic E-state index is 0.0672. The lowest BCUT2D eigenvalue weighted by molar-refractivity contribution is -0.383. The van der Waals surface area contributed by atoms with Gasteiger partial charge in [-0.15, -0.1) is 11.3 Å². The second kappa shape index (κ2) is 5.45. The molecule has 0 saturated heterocycles. The number of benzene rings is 1. The van der Waals surface area contributed by atoms with Crippen LogP contribution in [0.25, 0.3) is 10.8 Å². The molecule has 21 heavy (non-hydrogen) atoms. The molecule has 0 amide bonds. The first-order chi connectivity index (χ1) is 10.2. The Morgan fingerprint density at radius 1 is 1.33 bits per heavy atom. The van der Waals surface area contributed by atoms with Crippen LogP contribution in [0.4, 0.5) is 11.4 Å². The number of nitrogens with zero attached hydrogens (tertiary/aromatic N) is 3. The van der Waals surface area contributed by atoms with Crippen molar-refractivity contribution in [2.75, 3.05) is 5.32 Å². The molecule has 0 radical (unpaired) electrons. The molecule has 3 rings (SSSR count). The van der Waals surface area contributed by atoms with Crippen molar-refractivity contribution in [1.82, 2.24) is 9.97 Å². The molecule has 106 valence electrons. The molecule has 0 unspecified atom stereocenters. The van der Waals surface area contributed by atoms with Gasteiger partial charge in [0.25, 0.3) is 5.69 Å². The van der Waals surface area contributed by atoms with Crippen molar-refractivity contribution in [3.05, 3.63) is 56.8 Å². The standard InChI is InChI=1S/C14H12N4O2S/c1-9-14(21-8-17-9)7-16-12-2-3-13(18(19)20)11-6-15-5-4-10(11)12/h2-6,8,16H,7H2,1H3. The molecule has 7 heteroatoms. The SMILES string of the molecule is Cc1ncsc1CNc1ccc([N+](=O)[O-])c2cnccc12. The number of anilines is 1. The molecule has 0 aliphatic heterocycles. The van der Waals surface area contributed by atoms with Crippen LogP contribution in [-0.2, 0) is 6.54 Å². The van der Waals surface area contributed by atoms with Crippen LogP contribution >= 0.6 is 11.3 Å². The zero-order valence-electron chi connectivity index (χ0n) is 11.2. The molecule has 0 atom stereocenters. The number of aryl methyl sites for hydroxylation is 1. The molecule has 0 spiro atoms. The van der Waals surface area contributed by atoms with E-state index in [0.29, 0.717) is 11.9 Å². The van der Waals surface area contributed by atoms with Crippen LogP contribution in [-0.4, -0.2) is 14.9 Å². The van der Waals surface area contributed by atoms with Crippen LogP contribution in [0.15, 0.2) is 36.1 Å². The van der Waals surface area contributed by atoms with E-state index in [0.717, 1.165) is 21.6 Å². The van der Waals surface area contributed by atoms with Crippen molar-refractivity contribution >= 4 is 33.5 Å². The van der Waals surface area contributed by atoms with Crippen molar-refractivity contribution in [2.24, 2.45) is 0 Å². The first-order valence-electron chi connectivity index (χ1n) is 6.31. The lowest BCUT2D eigenvalue weighted by atomic mass is 10.1. The quantitative estimate of drug-likeness (QED) is 0.589. The highest BCUT2D eigenvalue weighted by molar-refractivity contribution is 7.09. The maximum atomic E-state index is 11.1. The average Bonchev–Trinajstić information content (AvgIpc) is 2.89. The summed E-state index contributed by atoms with van der Waals surface area (Å²) in [5.74, 6) is 0. The van der Waals surface area contributed by atoms with Crippen LogP contribution in [0.3, 0.4) is 0 Å². The Bertz CT molecular complexity index is 816. The van der Waals surface area contributed by atoms with Crippen molar-refractivity contribution in [2.45, 2.75) is 13.5 Å². The molecule has 0 aliphatic carbocycles. The summed E-state index contributed by atoms with van der Waals surface area (Å²) in [5, 5.41) is 15.7. The summed E-state index contributed by atoms with van der Waals surface area (Å²) in [5.41, 5.74) is 3.73. The maximum Gasteiger partial charge on any atom is 0.278 e. The van der Waals surface area contributed by atoms with Gasteiger partial charge in [-0.2, -0.15) is 0 Å². The minimum Gasteiger partial charge on any atom is -0.380 e. The fourth-order valence-electron chi connectivity index (χ4n) is 2.16. The molecule has 0 saturated carbocycles. The number of nitrogens with one attached hydrogen (secondary N) is 1. The van der Waals surface area contributed by atoms with Crippen LogP contribution in [0.5, 0.6) is 0 Å². The molecular formula is C14H12N4O2S. The molecule has 0 fully saturated rings. The van der Waals surface area contributed by atoms with E-state index in [9.17, 15) is 10.1 Å². The third-order valence-electron chi connectivity index (χ3n) is 3.28. The van der Waals surface area contributed by atoms with Crippen molar-refractivity contribution < 1.29 is 4.92 Å². The van der Waals surface area contributed by atoms with Crippen molar-refractivity contribution in [3.63, 3.8) is 0 Å². The highest BCUT2D eigenvalue weighted by atomic mass is 32.1. The number of thiazole rings is 1. The summed E-state index contributed by atoms with van der Waals surface area (Å²) in [6.07, 6.45) is 3.16. The molecule has 3 aromatic rings. The molecule has 2 heterocycles. The van der Waals surface area contributed by atoms with Gasteiger partial charge in [-0.3, -0.25) is 15.1 Å². The minimum atomic E-state index is -0.388. The Morgan fingerprint density at radius 3 is 2.90 bits per heavy atom. The van der Waals surface area contributed by atoms with Crippen LogP contribution in [0, 0.1) is 17.0 Å². The third kappa shape index (κ3) is 2.55. The van der Waals surface area contributed by atoms with Gasteiger partial charge in [0.15, 0.2) is 0 Å². The Kier molecular flexibility index (Phi) is 3.49. The molecule has 6 nitrogen and oxygen atoms in total. The van der Waals surface area contributed by atoms with Gasteiger partial charge in [0, 0.05) is 34.4 Å². The monoisotopic (exact) mass is 300 g/mol. The lowest BCUT2D eigenvalue weighted by Crippen LogP contribution is -2.01. The number of hydrogen-bond donors (Lipinski definition) is 1. The predicted octanol–water partition coefficient (Wildman–Crippen LogP) is 3.52. The highest BCUT2D eigenvalue weighted by Crippen LogP contribution is 2.31. The second-order valence-corrected chi connectivity index (χ2v) is 5.46. The number of pyridine rings is 1. The van der Waals surface area contributed by atoms with Crippen LogP contribution in [0.2, 0.25) is 0 Å². The zero-order chi connectivity index (χ0) is 14.8. The number of rotatable bonds is 4. The number of aromatic nitrogens is 2. The Balaban J connectivity index is 1.98. The number of non-ortho nitro benzene ring substituents is 1. The van der Waals surface area contributed by atoms with Crippen LogP contribution in [0.1, 0.15) is 10.6 Å². The number of fused-ring (bicyclic) bond motifs is 1. The first-order valence-corrected chi connectivity index (χ1v) is 7.18. The molecule has 2 aromatic heterocycles. The molecule has 0 bridgehead atoms. The van der Waals surface area contributed by atoms with Crippen LogP contribution < -0.4 is 5.32 Å². The van der Waals surface area contributed by atoms with E-state index in [1.807, 2.05) is 12.4 Å². The van der Waals surface area contributed by atoms with Crippen molar-refractivity contribution in [1.29, 1.82) is 0 Å². The lowest BCUT2D eigenvalue weighted by Gasteiger charge is -2.09. The van der Waals surface area contributed by atoms with E-state index >= 15 is 0 Å². The van der Waals surface area contributed by atoms with E-state index in [1.54, 1.807) is 29.7 Å². The van der Waals surface area contributed by atoms with E-state index in [4.69, 9.17) is 0 Å². The zero-order valence-corrected chi connectivity index (χ0v) is 12.1. The van der Waals surface area contributed by atoms with E-state index in [1.165, 1.54) is 12.3 Å². The third-order valence-corrected chi connectivity index (χ3v) is 4.21. The summed E-state index contributed by atoms with van der Waals surface area (Å²) in [7, 11) is 0. The normalized spacial score (nSPS) is 10.7. The van der Waals surface area contributed by atoms with E-state index in [2.05, 4.69) is 15.3 Å². The van der Waals surface area contributed by atoms with Gasteiger partial charge in [-0.25, -0.2) is 4.98 Å². The van der Waals surface area contributed by atoms with Crippen molar-refractivity contribution in [3.8, 4) is 0 Å². The number of hydrogen-bond acceptors (Lipinski definition) is 6. The summed E-state index contributed by atoms with van der Waals surface area (Å²) >= 11 is 1.59. The molecule has 1 N–H and O–H groups in total. The topological polar surface area (TPSA) is 81.0 Å². The van der Waals surface area contributed by atoms with Gasteiger partial charge in [-0.05, 0) is 19.1 Å². The number of nitro groups is 1. The first kappa shape index (κ1) is 13.4. The fraction of sp³-hybridized carbons (Fsp3) is 0.143. The van der Waals surface area contributed by atoms with Gasteiger partial charge in [0.2, 0.25) is 0 Å². The average molecular weight is 300 g/mol. The predicted molar refractivity (Wildman–Crippen MR) is 82.6 cm³/mol. The highest BCUT2D eigenvalue weighted by Gasteiger charge is 2.14. The summed E-state index contributed by atoms with van der Waals surface area (Å²) in [4.78, 5) is 20.0. The largest absolute Gasteiger partial charge is 0.380 e. The van der Waals surface area contributed by atoms with Gasteiger partial charge in [0.1, 0.15) is 0 Å². The summed E-state index contributed by atoms with van der Waals surface area (Å²) < 4.78 is 0.